The predicted octanol–water partition coefficient (Wildman–Crippen LogP) is 3.59. The van der Waals surface area contributed by atoms with Crippen LogP contribution in [-0.2, 0) is 6.42 Å². The highest BCUT2D eigenvalue weighted by Crippen LogP contribution is 2.33. The lowest BCUT2D eigenvalue weighted by Crippen LogP contribution is -2.25. The van der Waals surface area contributed by atoms with Crippen molar-refractivity contribution in [2.45, 2.75) is 11.3 Å². The molecule has 0 radical (unpaired) electrons. The number of carbonyl (C=O) groups excluding carboxylic acids is 2. The molecule has 0 saturated heterocycles. The normalized spacial score (nSPS) is 12.4. The summed E-state index contributed by atoms with van der Waals surface area (Å²) in [6.07, 6.45) is 2.57. The number of nitrogens with zero attached hydrogens (tertiary/aromatic N) is 1. The minimum absolute atomic E-state index is 0.167. The molecule has 7 heteroatoms. The van der Waals surface area contributed by atoms with E-state index in [4.69, 9.17) is 4.74 Å². The first kappa shape index (κ1) is 18.2. The van der Waals surface area contributed by atoms with E-state index in [9.17, 15) is 9.59 Å². The molecular weight excluding hydrogens is 374 g/mol. The first-order valence-electron chi connectivity index (χ1n) is 8.86. The molecule has 0 saturated carbocycles. The van der Waals surface area contributed by atoms with Gasteiger partial charge in [0.2, 0.25) is 0 Å². The molecule has 2 aromatic carbocycles. The molecule has 3 aromatic rings. The number of anilines is 1. The van der Waals surface area contributed by atoms with Crippen molar-refractivity contribution in [2.75, 3.05) is 19.0 Å². The number of fused-ring (bicyclic) bond motifs is 2. The van der Waals surface area contributed by atoms with Crippen molar-refractivity contribution < 1.29 is 14.3 Å². The Hall–Kier alpha value is -3.19. The molecule has 1 aliphatic rings. The molecule has 0 atom stereocenters. The summed E-state index contributed by atoms with van der Waals surface area (Å²) in [5.41, 5.74) is 2.85. The summed E-state index contributed by atoms with van der Waals surface area (Å²) in [5, 5.41) is 5.81. The number of amides is 2. The van der Waals surface area contributed by atoms with Crippen molar-refractivity contribution in [3.63, 3.8) is 0 Å². The summed E-state index contributed by atoms with van der Waals surface area (Å²) >= 11 is 1.44. The quantitative estimate of drug-likeness (QED) is 0.695. The lowest BCUT2D eigenvalue weighted by atomic mass is 10.1. The van der Waals surface area contributed by atoms with Crippen LogP contribution in [0.4, 0.5) is 5.69 Å². The maximum absolute atomic E-state index is 12.5. The molecule has 1 aromatic heterocycles. The van der Waals surface area contributed by atoms with Crippen LogP contribution in [0.3, 0.4) is 0 Å². The van der Waals surface area contributed by atoms with Crippen molar-refractivity contribution in [1.82, 2.24) is 9.29 Å². The van der Waals surface area contributed by atoms with E-state index in [1.165, 1.54) is 11.9 Å². The summed E-state index contributed by atoms with van der Waals surface area (Å²) in [4.78, 5) is 25.7. The third kappa shape index (κ3) is 3.75. The van der Waals surface area contributed by atoms with E-state index in [0.29, 0.717) is 23.5 Å². The van der Waals surface area contributed by atoms with Crippen LogP contribution in [0.25, 0.3) is 0 Å². The maximum atomic E-state index is 12.5. The van der Waals surface area contributed by atoms with Gasteiger partial charge in [-0.3, -0.25) is 13.6 Å². The van der Waals surface area contributed by atoms with E-state index in [1.54, 1.807) is 25.3 Å². The molecule has 0 spiro atoms. The largest absolute Gasteiger partial charge is 0.497 e. The first-order valence-corrected chi connectivity index (χ1v) is 9.63. The average molecular weight is 393 g/mol. The molecule has 4 rings (SSSR count). The number of hydrogen-bond acceptors (Lipinski definition) is 4. The van der Waals surface area contributed by atoms with Crippen LogP contribution < -0.4 is 15.4 Å². The van der Waals surface area contributed by atoms with Crippen LogP contribution in [0.5, 0.6) is 5.75 Å². The van der Waals surface area contributed by atoms with Crippen molar-refractivity contribution >= 4 is 29.4 Å². The van der Waals surface area contributed by atoms with Gasteiger partial charge in [-0.15, -0.1) is 0 Å². The van der Waals surface area contributed by atoms with Crippen molar-refractivity contribution in [3.8, 4) is 5.75 Å². The monoisotopic (exact) mass is 393 g/mol. The van der Waals surface area contributed by atoms with Crippen LogP contribution in [0.15, 0.2) is 65.7 Å². The molecular formula is C21H19N3O3S. The van der Waals surface area contributed by atoms with Crippen LogP contribution >= 0.6 is 11.9 Å². The van der Waals surface area contributed by atoms with Crippen molar-refractivity contribution in [1.29, 1.82) is 0 Å². The predicted molar refractivity (Wildman–Crippen MR) is 109 cm³/mol. The Labute approximate surface area is 167 Å². The average Bonchev–Trinajstić information content (AvgIpc) is 3.13. The molecule has 142 valence electrons. The molecule has 28 heavy (non-hydrogen) atoms. The highest BCUT2D eigenvalue weighted by atomic mass is 32.2. The Morgan fingerprint density at radius 3 is 2.79 bits per heavy atom. The number of rotatable bonds is 5. The molecule has 2 heterocycles. The van der Waals surface area contributed by atoms with Gasteiger partial charge >= 0.3 is 0 Å². The van der Waals surface area contributed by atoms with Gasteiger partial charge in [0.1, 0.15) is 11.4 Å². The number of ether oxygens (including phenoxy) is 1. The van der Waals surface area contributed by atoms with Gasteiger partial charge in [-0.25, -0.2) is 0 Å². The zero-order chi connectivity index (χ0) is 19.5. The van der Waals surface area contributed by atoms with Gasteiger partial charge in [0, 0.05) is 18.3 Å². The third-order valence-electron chi connectivity index (χ3n) is 4.49. The van der Waals surface area contributed by atoms with E-state index in [2.05, 4.69) is 10.6 Å². The van der Waals surface area contributed by atoms with E-state index < -0.39 is 0 Å². The fraction of sp³-hybridized carbons (Fsp3) is 0.143. The minimum atomic E-state index is -0.187. The van der Waals surface area contributed by atoms with E-state index in [1.807, 2.05) is 46.6 Å². The zero-order valence-corrected chi connectivity index (χ0v) is 16.1. The van der Waals surface area contributed by atoms with E-state index in [0.717, 1.165) is 22.6 Å². The molecule has 0 bridgehead atoms. The number of aromatic nitrogens is 1. The zero-order valence-electron chi connectivity index (χ0n) is 15.3. The lowest BCUT2D eigenvalue weighted by molar-refractivity contribution is 0.0952. The molecule has 2 amide bonds. The van der Waals surface area contributed by atoms with E-state index >= 15 is 0 Å². The first-order chi connectivity index (χ1) is 13.6. The molecule has 0 unspecified atom stereocenters. The Bertz CT molecular complexity index is 1030. The number of hydrogen-bond donors (Lipinski definition) is 2. The topological polar surface area (TPSA) is 72.4 Å². The van der Waals surface area contributed by atoms with Gasteiger partial charge in [-0.1, -0.05) is 12.1 Å². The van der Waals surface area contributed by atoms with Gasteiger partial charge in [0.05, 0.1) is 17.7 Å². The molecule has 2 N–H and O–H groups in total. The standard InChI is InChI=1S/C21H19N3O3S/c1-27-16-7-4-14(5-8-16)10-11-22-20(25)15-6-9-19-17(13-15)23-21(26)18-3-2-12-24(18)28-19/h2-9,12-13H,10-11H2,1H3,(H,22,25)(H,23,26). The third-order valence-corrected chi connectivity index (χ3v) is 5.56. The van der Waals surface area contributed by atoms with Crippen LogP contribution in [0.1, 0.15) is 26.4 Å². The number of benzene rings is 2. The summed E-state index contributed by atoms with van der Waals surface area (Å²) in [6, 6.07) is 16.7. The van der Waals surface area contributed by atoms with Gasteiger partial charge in [-0.05, 0) is 66.4 Å². The van der Waals surface area contributed by atoms with Gasteiger partial charge in [0.15, 0.2) is 0 Å². The molecule has 6 nitrogen and oxygen atoms in total. The smallest absolute Gasteiger partial charge is 0.273 e. The second-order valence-electron chi connectivity index (χ2n) is 6.33. The fourth-order valence-electron chi connectivity index (χ4n) is 2.98. The summed E-state index contributed by atoms with van der Waals surface area (Å²) < 4.78 is 6.96. The highest BCUT2D eigenvalue weighted by Gasteiger charge is 2.20. The Kier molecular flexibility index (Phi) is 5.08. The summed E-state index contributed by atoms with van der Waals surface area (Å²) in [6.45, 7) is 0.523. The minimum Gasteiger partial charge on any atom is -0.497 e. The Morgan fingerprint density at radius 1 is 1.18 bits per heavy atom. The Morgan fingerprint density at radius 2 is 2.00 bits per heavy atom. The van der Waals surface area contributed by atoms with Crippen LogP contribution in [-0.4, -0.2) is 29.4 Å². The van der Waals surface area contributed by atoms with Crippen LogP contribution in [0.2, 0.25) is 0 Å². The number of nitrogens with one attached hydrogen (secondary N) is 2. The molecule has 0 fully saturated rings. The Balaban J connectivity index is 1.41. The second kappa shape index (κ2) is 7.82. The molecule has 1 aliphatic heterocycles. The summed E-state index contributed by atoms with van der Waals surface area (Å²) in [7, 11) is 1.63. The van der Waals surface area contributed by atoms with Gasteiger partial charge < -0.3 is 15.4 Å². The lowest BCUT2D eigenvalue weighted by Gasteiger charge is -2.10. The van der Waals surface area contributed by atoms with Crippen molar-refractivity contribution in [2.24, 2.45) is 0 Å². The van der Waals surface area contributed by atoms with Crippen molar-refractivity contribution in [3.05, 3.63) is 77.6 Å². The summed E-state index contributed by atoms with van der Waals surface area (Å²) in [5.74, 6) is 0.456. The fourth-order valence-corrected chi connectivity index (χ4v) is 3.90. The van der Waals surface area contributed by atoms with Gasteiger partial charge in [0.25, 0.3) is 11.8 Å². The number of carbonyl (C=O) groups is 2. The van der Waals surface area contributed by atoms with E-state index in [-0.39, 0.29) is 11.8 Å². The number of methoxy groups -OCH3 is 1. The van der Waals surface area contributed by atoms with Crippen LogP contribution in [0, 0.1) is 0 Å². The second-order valence-corrected chi connectivity index (χ2v) is 7.35. The van der Waals surface area contributed by atoms with Gasteiger partial charge in [-0.2, -0.15) is 0 Å². The molecule has 0 aliphatic carbocycles. The SMILES string of the molecule is COc1ccc(CCNC(=O)c2ccc3c(c2)NC(=O)c2cccn2S3)cc1. The maximum Gasteiger partial charge on any atom is 0.273 e. The highest BCUT2D eigenvalue weighted by molar-refractivity contribution is 7.98.